The summed E-state index contributed by atoms with van der Waals surface area (Å²) in [6.45, 7) is 2.15. The second-order valence-electron chi connectivity index (χ2n) is 4.65. The molecule has 2 aromatic carbocycles. The first kappa shape index (κ1) is 15.9. The minimum Gasteiger partial charge on any atom is -0.466 e. The predicted molar refractivity (Wildman–Crippen MR) is 86.0 cm³/mol. The second-order valence-corrected chi connectivity index (χ2v) is 5.50. The molecular weight excluding hydrogens is 307 g/mol. The molecule has 0 saturated heterocycles. The topological polar surface area (TPSA) is 26.3 Å². The highest BCUT2D eigenvalue weighted by Crippen LogP contribution is 2.27. The van der Waals surface area contributed by atoms with Crippen LogP contribution < -0.4 is 0 Å². The Kier molecular flexibility index (Phi) is 5.66. The number of carbonyl (C=O) groups is 1. The monoisotopic (exact) mass is 322 g/mol. The van der Waals surface area contributed by atoms with Crippen LogP contribution in [0.5, 0.6) is 0 Å². The minimum atomic E-state index is -0.387. The normalized spacial score (nSPS) is 12.0. The van der Waals surface area contributed by atoms with Gasteiger partial charge in [-0.3, -0.25) is 4.79 Å². The molecule has 0 aliphatic heterocycles. The Morgan fingerprint density at radius 2 is 1.76 bits per heavy atom. The standard InChI is InChI=1S/C17H16Cl2O2/c1-2-21-17(20)15(12-7-9-14(18)10-8-12)11-13-5-3-4-6-16(13)19/h3-10,15H,2,11H2,1H3/t15-/m1/s1. The molecule has 0 amide bonds. The van der Waals surface area contributed by atoms with Crippen molar-refractivity contribution in [2.24, 2.45) is 0 Å². The van der Waals surface area contributed by atoms with Crippen molar-refractivity contribution in [1.29, 1.82) is 0 Å². The van der Waals surface area contributed by atoms with Crippen LogP contribution in [0.1, 0.15) is 24.0 Å². The lowest BCUT2D eigenvalue weighted by atomic mass is 9.92. The van der Waals surface area contributed by atoms with Gasteiger partial charge in [0.2, 0.25) is 0 Å². The molecule has 110 valence electrons. The maximum absolute atomic E-state index is 12.2. The number of halogens is 2. The van der Waals surface area contributed by atoms with Crippen molar-refractivity contribution in [3.63, 3.8) is 0 Å². The van der Waals surface area contributed by atoms with Crippen LogP contribution >= 0.6 is 23.2 Å². The zero-order chi connectivity index (χ0) is 15.2. The molecule has 0 N–H and O–H groups in total. The Hall–Kier alpha value is -1.51. The summed E-state index contributed by atoms with van der Waals surface area (Å²) in [6, 6.07) is 14.8. The summed E-state index contributed by atoms with van der Waals surface area (Å²) in [5.41, 5.74) is 1.80. The fraction of sp³-hybridized carbons (Fsp3) is 0.235. The van der Waals surface area contributed by atoms with E-state index in [0.29, 0.717) is 23.1 Å². The number of carbonyl (C=O) groups excluding carboxylic acids is 1. The van der Waals surface area contributed by atoms with Gasteiger partial charge >= 0.3 is 5.97 Å². The molecule has 0 fully saturated rings. The summed E-state index contributed by atoms with van der Waals surface area (Å²) in [5, 5.41) is 1.29. The molecule has 0 spiro atoms. The Morgan fingerprint density at radius 1 is 1.10 bits per heavy atom. The smallest absolute Gasteiger partial charge is 0.313 e. The van der Waals surface area contributed by atoms with Crippen LogP contribution in [-0.4, -0.2) is 12.6 Å². The Bertz CT molecular complexity index is 608. The SMILES string of the molecule is CCOC(=O)[C@H](Cc1ccccc1Cl)c1ccc(Cl)cc1. The first-order valence-corrected chi connectivity index (χ1v) is 7.53. The Morgan fingerprint density at radius 3 is 2.38 bits per heavy atom. The van der Waals surface area contributed by atoms with Crippen molar-refractivity contribution >= 4 is 29.2 Å². The minimum absolute atomic E-state index is 0.250. The first-order valence-electron chi connectivity index (χ1n) is 6.77. The van der Waals surface area contributed by atoms with Crippen molar-refractivity contribution in [1.82, 2.24) is 0 Å². The van der Waals surface area contributed by atoms with Crippen LogP contribution in [0.25, 0.3) is 0 Å². The number of hydrogen-bond acceptors (Lipinski definition) is 2. The molecule has 4 heteroatoms. The molecule has 1 atom stereocenters. The molecular formula is C17H16Cl2O2. The van der Waals surface area contributed by atoms with Crippen molar-refractivity contribution in [3.05, 3.63) is 69.7 Å². The molecule has 2 aromatic rings. The maximum Gasteiger partial charge on any atom is 0.313 e. The van der Waals surface area contributed by atoms with Gasteiger partial charge in [-0.25, -0.2) is 0 Å². The average Bonchev–Trinajstić information content (AvgIpc) is 2.48. The summed E-state index contributed by atoms with van der Waals surface area (Å²) in [7, 11) is 0. The summed E-state index contributed by atoms with van der Waals surface area (Å²) >= 11 is 12.1. The van der Waals surface area contributed by atoms with Crippen LogP contribution in [0.2, 0.25) is 10.0 Å². The molecule has 0 saturated carbocycles. The number of esters is 1. The molecule has 0 bridgehead atoms. The summed E-state index contributed by atoms with van der Waals surface area (Å²) in [6.07, 6.45) is 0.500. The van der Waals surface area contributed by atoms with Gasteiger partial charge in [0.15, 0.2) is 0 Å². The van der Waals surface area contributed by atoms with E-state index in [1.54, 1.807) is 19.1 Å². The number of benzene rings is 2. The highest BCUT2D eigenvalue weighted by atomic mass is 35.5. The number of ether oxygens (including phenoxy) is 1. The summed E-state index contributed by atoms with van der Waals surface area (Å²) < 4.78 is 5.19. The number of rotatable bonds is 5. The fourth-order valence-corrected chi connectivity index (χ4v) is 2.50. The lowest BCUT2D eigenvalue weighted by Gasteiger charge is -2.17. The third-order valence-corrected chi connectivity index (χ3v) is 3.85. The average molecular weight is 323 g/mol. The molecule has 2 nitrogen and oxygen atoms in total. The van der Waals surface area contributed by atoms with Gasteiger partial charge in [0.05, 0.1) is 12.5 Å². The van der Waals surface area contributed by atoms with Crippen LogP contribution in [0, 0.1) is 0 Å². The quantitative estimate of drug-likeness (QED) is 0.733. The van der Waals surface area contributed by atoms with Gasteiger partial charge in [0.1, 0.15) is 0 Å². The van der Waals surface area contributed by atoms with Crippen molar-refractivity contribution in [2.75, 3.05) is 6.61 Å². The van der Waals surface area contributed by atoms with Crippen molar-refractivity contribution in [2.45, 2.75) is 19.3 Å². The Labute approximate surface area is 134 Å². The van der Waals surface area contributed by atoms with Crippen LogP contribution in [0.3, 0.4) is 0 Å². The van der Waals surface area contributed by atoms with Gasteiger partial charge < -0.3 is 4.74 Å². The van der Waals surface area contributed by atoms with E-state index in [-0.39, 0.29) is 11.9 Å². The predicted octanol–water partition coefficient (Wildman–Crippen LogP) is 4.88. The van der Waals surface area contributed by atoms with E-state index in [1.807, 2.05) is 36.4 Å². The fourth-order valence-electron chi connectivity index (χ4n) is 2.16. The van der Waals surface area contributed by atoms with Crippen molar-refractivity contribution in [3.8, 4) is 0 Å². The number of hydrogen-bond donors (Lipinski definition) is 0. The summed E-state index contributed by atoms with van der Waals surface area (Å²) in [5.74, 6) is -0.637. The van der Waals surface area contributed by atoms with Gasteiger partial charge in [0, 0.05) is 10.0 Å². The van der Waals surface area contributed by atoms with Gasteiger partial charge in [-0.15, -0.1) is 0 Å². The van der Waals surface area contributed by atoms with Gasteiger partial charge in [0.25, 0.3) is 0 Å². The van der Waals surface area contributed by atoms with E-state index in [2.05, 4.69) is 0 Å². The van der Waals surface area contributed by atoms with Gasteiger partial charge in [-0.05, 0) is 42.7 Å². The van der Waals surface area contributed by atoms with Crippen LogP contribution in [0.15, 0.2) is 48.5 Å². The molecule has 0 aliphatic rings. The molecule has 0 aromatic heterocycles. The Balaban J connectivity index is 2.30. The van der Waals surface area contributed by atoms with Gasteiger partial charge in [-0.1, -0.05) is 53.5 Å². The second kappa shape index (κ2) is 7.48. The third-order valence-electron chi connectivity index (χ3n) is 3.23. The summed E-state index contributed by atoms with van der Waals surface area (Å²) in [4.78, 5) is 12.2. The molecule has 0 aliphatic carbocycles. The van der Waals surface area contributed by atoms with E-state index >= 15 is 0 Å². The van der Waals surface area contributed by atoms with E-state index in [4.69, 9.17) is 27.9 Å². The van der Waals surface area contributed by atoms with Crippen LogP contribution in [0.4, 0.5) is 0 Å². The van der Waals surface area contributed by atoms with E-state index in [1.165, 1.54) is 0 Å². The van der Waals surface area contributed by atoms with Gasteiger partial charge in [-0.2, -0.15) is 0 Å². The third kappa shape index (κ3) is 4.23. The lowest BCUT2D eigenvalue weighted by molar-refractivity contribution is -0.144. The zero-order valence-electron chi connectivity index (χ0n) is 11.7. The molecule has 0 heterocycles. The zero-order valence-corrected chi connectivity index (χ0v) is 13.2. The van der Waals surface area contributed by atoms with Crippen LogP contribution in [-0.2, 0) is 16.0 Å². The lowest BCUT2D eigenvalue weighted by Crippen LogP contribution is -2.18. The van der Waals surface area contributed by atoms with Crippen molar-refractivity contribution < 1.29 is 9.53 Å². The molecule has 0 radical (unpaired) electrons. The highest BCUT2D eigenvalue weighted by Gasteiger charge is 2.23. The van der Waals surface area contributed by atoms with E-state index < -0.39 is 0 Å². The largest absolute Gasteiger partial charge is 0.466 e. The highest BCUT2D eigenvalue weighted by molar-refractivity contribution is 6.31. The molecule has 0 unspecified atom stereocenters. The molecule has 21 heavy (non-hydrogen) atoms. The van der Waals surface area contributed by atoms with E-state index in [9.17, 15) is 4.79 Å². The maximum atomic E-state index is 12.2. The van der Waals surface area contributed by atoms with E-state index in [0.717, 1.165) is 11.1 Å². The first-order chi connectivity index (χ1) is 10.1. The molecule has 2 rings (SSSR count).